The molecule has 102 valence electrons. The van der Waals surface area contributed by atoms with E-state index in [1.165, 1.54) is 23.6 Å². The highest BCUT2D eigenvalue weighted by Gasteiger charge is 2.19. The van der Waals surface area contributed by atoms with Gasteiger partial charge in [0, 0.05) is 13.2 Å². The fourth-order valence-electron chi connectivity index (χ4n) is 2.46. The van der Waals surface area contributed by atoms with Crippen LogP contribution in [-0.4, -0.2) is 19.1 Å². The molecule has 1 aliphatic rings. The van der Waals surface area contributed by atoms with Gasteiger partial charge in [0.1, 0.15) is 0 Å². The Balaban J connectivity index is 1.75. The fraction of sp³-hybridized carbons (Fsp3) is 0.438. The molecule has 0 radical (unpaired) electrons. The van der Waals surface area contributed by atoms with Crippen LogP contribution in [0.3, 0.4) is 0 Å². The van der Waals surface area contributed by atoms with Crippen molar-refractivity contribution in [3.05, 3.63) is 48.0 Å². The monoisotopic (exact) mass is 259 g/mol. The summed E-state index contributed by atoms with van der Waals surface area (Å²) in [6.07, 6.45) is 5.78. The van der Waals surface area contributed by atoms with Crippen LogP contribution in [-0.2, 0) is 16.0 Å². The third-order valence-corrected chi connectivity index (χ3v) is 3.44. The average molecular weight is 259 g/mol. The van der Waals surface area contributed by atoms with E-state index in [0.717, 1.165) is 19.3 Å². The SMILES string of the molecule is C=CC(=O)NCCCOC1CCCc2ccccc21. The molecular weight excluding hydrogens is 238 g/mol. The van der Waals surface area contributed by atoms with Gasteiger partial charge in [0.15, 0.2) is 0 Å². The molecule has 19 heavy (non-hydrogen) atoms. The molecule has 0 spiro atoms. The highest BCUT2D eigenvalue weighted by molar-refractivity contribution is 5.86. The summed E-state index contributed by atoms with van der Waals surface area (Å²) in [5.41, 5.74) is 2.75. The van der Waals surface area contributed by atoms with Crippen molar-refractivity contribution in [3.8, 4) is 0 Å². The normalized spacial score (nSPS) is 17.6. The average Bonchev–Trinajstić information content (AvgIpc) is 2.46. The zero-order chi connectivity index (χ0) is 13.5. The van der Waals surface area contributed by atoms with Crippen molar-refractivity contribution in [1.29, 1.82) is 0 Å². The van der Waals surface area contributed by atoms with Gasteiger partial charge in [-0.05, 0) is 42.9 Å². The lowest BCUT2D eigenvalue weighted by Gasteiger charge is -2.25. The number of fused-ring (bicyclic) bond motifs is 1. The molecule has 1 aliphatic carbocycles. The number of benzene rings is 1. The lowest BCUT2D eigenvalue weighted by atomic mass is 9.89. The van der Waals surface area contributed by atoms with Crippen LogP contribution in [0.5, 0.6) is 0 Å². The van der Waals surface area contributed by atoms with Crippen LogP contribution >= 0.6 is 0 Å². The maximum atomic E-state index is 11.0. The summed E-state index contributed by atoms with van der Waals surface area (Å²) in [5.74, 6) is -0.122. The van der Waals surface area contributed by atoms with E-state index in [-0.39, 0.29) is 12.0 Å². The van der Waals surface area contributed by atoms with Crippen LogP contribution in [0.2, 0.25) is 0 Å². The molecule has 2 rings (SSSR count). The first kappa shape index (κ1) is 13.8. The molecule has 0 heterocycles. The molecule has 0 fully saturated rings. The minimum absolute atomic E-state index is 0.122. The molecular formula is C16H21NO2. The molecule has 1 atom stereocenters. The van der Waals surface area contributed by atoms with E-state index in [0.29, 0.717) is 13.2 Å². The summed E-state index contributed by atoms with van der Waals surface area (Å²) in [5, 5.41) is 2.75. The third-order valence-electron chi connectivity index (χ3n) is 3.44. The largest absolute Gasteiger partial charge is 0.373 e. The molecule has 0 aromatic heterocycles. The smallest absolute Gasteiger partial charge is 0.243 e. The Morgan fingerprint density at radius 3 is 3.16 bits per heavy atom. The number of aryl methyl sites for hydroxylation is 1. The highest BCUT2D eigenvalue weighted by Crippen LogP contribution is 2.32. The van der Waals surface area contributed by atoms with Crippen molar-refractivity contribution < 1.29 is 9.53 Å². The Morgan fingerprint density at radius 2 is 2.32 bits per heavy atom. The van der Waals surface area contributed by atoms with Gasteiger partial charge in [-0.2, -0.15) is 0 Å². The second-order valence-corrected chi connectivity index (χ2v) is 4.80. The number of ether oxygens (including phenoxy) is 1. The Labute approximate surface area is 114 Å². The van der Waals surface area contributed by atoms with Gasteiger partial charge >= 0.3 is 0 Å². The van der Waals surface area contributed by atoms with Crippen molar-refractivity contribution in [2.24, 2.45) is 0 Å². The second-order valence-electron chi connectivity index (χ2n) is 4.80. The van der Waals surface area contributed by atoms with Gasteiger partial charge in [-0.25, -0.2) is 0 Å². The molecule has 0 aliphatic heterocycles. The van der Waals surface area contributed by atoms with E-state index in [9.17, 15) is 4.79 Å². The Kier molecular flexibility index (Phi) is 5.16. The number of hydrogen-bond donors (Lipinski definition) is 1. The maximum Gasteiger partial charge on any atom is 0.243 e. The van der Waals surface area contributed by atoms with Crippen molar-refractivity contribution in [1.82, 2.24) is 5.32 Å². The number of amides is 1. The summed E-state index contributed by atoms with van der Waals surface area (Å²) in [7, 11) is 0. The van der Waals surface area contributed by atoms with Gasteiger partial charge in [0.2, 0.25) is 5.91 Å². The van der Waals surface area contributed by atoms with E-state index in [4.69, 9.17) is 4.74 Å². The molecule has 0 bridgehead atoms. The van der Waals surface area contributed by atoms with E-state index >= 15 is 0 Å². The van der Waals surface area contributed by atoms with E-state index in [1.54, 1.807) is 0 Å². The molecule has 0 saturated carbocycles. The Hall–Kier alpha value is -1.61. The highest BCUT2D eigenvalue weighted by atomic mass is 16.5. The number of hydrogen-bond acceptors (Lipinski definition) is 2. The first-order chi connectivity index (χ1) is 9.31. The number of nitrogens with one attached hydrogen (secondary N) is 1. The fourth-order valence-corrected chi connectivity index (χ4v) is 2.46. The minimum Gasteiger partial charge on any atom is -0.373 e. The van der Waals surface area contributed by atoms with Gasteiger partial charge < -0.3 is 10.1 Å². The molecule has 3 nitrogen and oxygen atoms in total. The van der Waals surface area contributed by atoms with Crippen molar-refractivity contribution in [2.75, 3.05) is 13.2 Å². The first-order valence-electron chi connectivity index (χ1n) is 6.91. The zero-order valence-electron chi connectivity index (χ0n) is 11.2. The summed E-state index contributed by atoms with van der Waals surface area (Å²) in [6, 6.07) is 8.52. The Bertz CT molecular complexity index is 442. The van der Waals surface area contributed by atoms with Gasteiger partial charge in [-0.1, -0.05) is 30.8 Å². The number of rotatable bonds is 6. The van der Waals surface area contributed by atoms with Gasteiger partial charge in [-0.15, -0.1) is 0 Å². The van der Waals surface area contributed by atoms with Gasteiger partial charge in [0.25, 0.3) is 0 Å². The third kappa shape index (κ3) is 3.93. The molecule has 3 heteroatoms. The van der Waals surface area contributed by atoms with Gasteiger partial charge in [0.05, 0.1) is 6.10 Å². The lowest BCUT2D eigenvalue weighted by molar-refractivity contribution is -0.116. The summed E-state index contributed by atoms with van der Waals surface area (Å²) < 4.78 is 5.95. The maximum absolute atomic E-state index is 11.0. The standard InChI is InChI=1S/C16H21NO2/c1-2-16(18)17-11-6-12-19-15-10-5-8-13-7-3-4-9-14(13)15/h2-4,7,9,15H,1,5-6,8,10-12H2,(H,17,18). The summed E-state index contributed by atoms with van der Waals surface area (Å²) in [6.45, 7) is 4.73. The first-order valence-corrected chi connectivity index (χ1v) is 6.91. The van der Waals surface area contributed by atoms with Crippen LogP contribution in [0.25, 0.3) is 0 Å². The summed E-state index contributed by atoms with van der Waals surface area (Å²) >= 11 is 0. The van der Waals surface area contributed by atoms with Crippen molar-refractivity contribution in [3.63, 3.8) is 0 Å². The van der Waals surface area contributed by atoms with Crippen molar-refractivity contribution in [2.45, 2.75) is 31.8 Å². The predicted molar refractivity (Wildman–Crippen MR) is 75.9 cm³/mol. The number of carbonyl (C=O) groups excluding carboxylic acids is 1. The molecule has 0 saturated heterocycles. The lowest BCUT2D eigenvalue weighted by Crippen LogP contribution is -2.23. The molecule has 1 amide bonds. The second kappa shape index (κ2) is 7.10. The van der Waals surface area contributed by atoms with Crippen LogP contribution in [0.15, 0.2) is 36.9 Å². The topological polar surface area (TPSA) is 38.3 Å². The Morgan fingerprint density at radius 1 is 1.47 bits per heavy atom. The van der Waals surface area contributed by atoms with E-state index in [2.05, 4.69) is 36.2 Å². The van der Waals surface area contributed by atoms with Gasteiger partial charge in [-0.3, -0.25) is 4.79 Å². The quantitative estimate of drug-likeness (QED) is 0.630. The molecule has 1 aromatic carbocycles. The number of carbonyl (C=O) groups is 1. The minimum atomic E-state index is -0.122. The van der Waals surface area contributed by atoms with Crippen LogP contribution < -0.4 is 5.32 Å². The van der Waals surface area contributed by atoms with Crippen LogP contribution in [0, 0.1) is 0 Å². The summed E-state index contributed by atoms with van der Waals surface area (Å²) in [4.78, 5) is 11.0. The molecule has 1 aromatic rings. The van der Waals surface area contributed by atoms with E-state index < -0.39 is 0 Å². The van der Waals surface area contributed by atoms with E-state index in [1.807, 2.05) is 0 Å². The predicted octanol–water partition coefficient (Wildman–Crippen LogP) is 2.77. The van der Waals surface area contributed by atoms with Crippen molar-refractivity contribution >= 4 is 5.91 Å². The zero-order valence-corrected chi connectivity index (χ0v) is 11.2. The van der Waals surface area contributed by atoms with Crippen LogP contribution in [0.1, 0.15) is 36.5 Å². The molecule has 1 unspecified atom stereocenters. The van der Waals surface area contributed by atoms with Crippen LogP contribution in [0.4, 0.5) is 0 Å². The molecule has 1 N–H and O–H groups in total.